The van der Waals surface area contributed by atoms with Crippen molar-refractivity contribution < 1.29 is 0 Å². The number of aryl methyl sites for hydroxylation is 5. The molecule has 5 heterocycles. The van der Waals surface area contributed by atoms with Crippen LogP contribution in [0.5, 0.6) is 0 Å². The molecule has 354 valence electrons. The molecule has 75 heavy (non-hydrogen) atoms. The van der Waals surface area contributed by atoms with Gasteiger partial charge in [0.1, 0.15) is 0 Å². The van der Waals surface area contributed by atoms with Crippen LogP contribution in [0, 0.1) is 45.9 Å². The van der Waals surface area contributed by atoms with Crippen molar-refractivity contribution in [2.24, 2.45) is 0 Å². The first kappa shape index (κ1) is 44.0. The van der Waals surface area contributed by atoms with Gasteiger partial charge in [0, 0.05) is 55.0 Å². The van der Waals surface area contributed by atoms with E-state index in [0.29, 0.717) is 23.0 Å². The summed E-state index contributed by atoms with van der Waals surface area (Å²) in [4.78, 5) is 15.9. The summed E-state index contributed by atoms with van der Waals surface area (Å²) >= 11 is 0. The first-order chi connectivity index (χ1) is 36.7. The second-order valence-corrected chi connectivity index (χ2v) is 20.3. The van der Waals surface area contributed by atoms with Crippen LogP contribution in [0.25, 0.3) is 134 Å². The first-order valence-corrected chi connectivity index (χ1v) is 25.6. The van der Waals surface area contributed by atoms with E-state index in [1.165, 1.54) is 44.5 Å². The second kappa shape index (κ2) is 16.9. The van der Waals surface area contributed by atoms with Gasteiger partial charge in [0.15, 0.2) is 17.5 Å². The van der Waals surface area contributed by atoms with Crippen molar-refractivity contribution in [3.8, 4) is 96.1 Å². The van der Waals surface area contributed by atoms with Crippen molar-refractivity contribution in [2.45, 2.75) is 34.6 Å². The molecule has 0 aliphatic carbocycles. The zero-order chi connectivity index (χ0) is 50.6. The van der Waals surface area contributed by atoms with Crippen LogP contribution in [0.15, 0.2) is 200 Å². The highest BCUT2D eigenvalue weighted by Crippen LogP contribution is 2.45. The average molecular weight is 961 g/mol. The van der Waals surface area contributed by atoms with Gasteiger partial charge in [-0.2, -0.15) is 5.26 Å². The van der Waals surface area contributed by atoms with Crippen LogP contribution in [0.4, 0.5) is 0 Å². The molecule has 12 bridgehead atoms. The molecule has 10 aromatic carbocycles. The van der Waals surface area contributed by atoms with Crippen molar-refractivity contribution in [2.75, 3.05) is 0 Å². The van der Waals surface area contributed by atoms with Crippen molar-refractivity contribution in [1.82, 2.24) is 24.1 Å². The number of hydrogen-bond acceptors (Lipinski definition) is 4. The van der Waals surface area contributed by atoms with Gasteiger partial charge >= 0.3 is 0 Å². The minimum Gasteiger partial charge on any atom is -0.309 e. The Kier molecular flexibility index (Phi) is 9.95. The smallest absolute Gasteiger partial charge is 0.164 e. The third kappa shape index (κ3) is 7.04. The lowest BCUT2D eigenvalue weighted by molar-refractivity contribution is 1.07. The normalized spacial score (nSPS) is 11.8. The number of benzene rings is 10. The minimum absolute atomic E-state index is 0.531. The number of para-hydroxylation sites is 2. The molecule has 0 saturated carbocycles. The fraction of sp³-hybridized carbons (Fsp3) is 0.0725. The highest BCUT2D eigenvalue weighted by atomic mass is 15.0. The molecular formula is C69H48N6. The molecule has 0 spiro atoms. The Morgan fingerprint density at radius 3 is 1.55 bits per heavy atom. The molecule has 3 aromatic heterocycles. The SMILES string of the molecule is Cc1cc(C)c(-c2ccc3c(c2)c2ccccc2n3-c2ccc3cc2-c2cc(ccc2C#N)-n2c4ccccc4c4cc(ccc42)-c2c(C)cc(C)cc2-c2cccc(c2)-c2nc(-c4ccccc4)nc-3n2)c(C)c1. The van der Waals surface area contributed by atoms with Gasteiger partial charge in [0.2, 0.25) is 0 Å². The fourth-order valence-electron chi connectivity index (χ4n) is 12.3. The van der Waals surface area contributed by atoms with Gasteiger partial charge in [-0.25, -0.2) is 15.0 Å². The van der Waals surface area contributed by atoms with Gasteiger partial charge in [0.05, 0.1) is 39.4 Å². The number of rotatable bonds is 3. The monoisotopic (exact) mass is 960 g/mol. The van der Waals surface area contributed by atoms with Gasteiger partial charge in [-0.3, -0.25) is 0 Å². The van der Waals surface area contributed by atoms with Crippen molar-refractivity contribution in [1.29, 1.82) is 5.26 Å². The Morgan fingerprint density at radius 1 is 0.347 bits per heavy atom. The van der Waals surface area contributed by atoms with Gasteiger partial charge in [-0.15, -0.1) is 0 Å². The second-order valence-electron chi connectivity index (χ2n) is 20.3. The third-order valence-electron chi connectivity index (χ3n) is 15.3. The summed E-state index contributed by atoms with van der Waals surface area (Å²) in [5.41, 5.74) is 24.1. The predicted molar refractivity (Wildman–Crippen MR) is 309 cm³/mol. The summed E-state index contributed by atoms with van der Waals surface area (Å²) < 4.78 is 4.72. The summed E-state index contributed by atoms with van der Waals surface area (Å²) in [5.74, 6) is 1.67. The van der Waals surface area contributed by atoms with E-state index in [1.807, 2.05) is 36.4 Å². The maximum atomic E-state index is 11.2. The van der Waals surface area contributed by atoms with Crippen molar-refractivity contribution in [3.05, 3.63) is 234 Å². The Labute approximate surface area is 435 Å². The number of hydrogen-bond donors (Lipinski definition) is 0. The fourth-order valence-corrected chi connectivity index (χ4v) is 12.3. The number of nitrogens with zero attached hydrogens (tertiary/aromatic N) is 6. The zero-order valence-electron chi connectivity index (χ0n) is 42.2. The van der Waals surface area contributed by atoms with Crippen LogP contribution >= 0.6 is 0 Å². The lowest BCUT2D eigenvalue weighted by atomic mass is 9.88. The summed E-state index contributed by atoms with van der Waals surface area (Å²) in [7, 11) is 0. The highest BCUT2D eigenvalue weighted by molar-refractivity contribution is 6.13. The van der Waals surface area contributed by atoms with E-state index in [0.717, 1.165) is 99.5 Å². The predicted octanol–water partition coefficient (Wildman–Crippen LogP) is 17.5. The molecule has 0 radical (unpaired) electrons. The molecule has 0 saturated heterocycles. The number of fused-ring (bicyclic) bond motifs is 5. The summed E-state index contributed by atoms with van der Waals surface area (Å²) in [6, 6.07) is 74.4. The molecule has 6 nitrogen and oxygen atoms in total. The Balaban J connectivity index is 1.10. The van der Waals surface area contributed by atoms with Crippen LogP contribution in [-0.4, -0.2) is 24.1 Å². The maximum Gasteiger partial charge on any atom is 0.164 e. The highest BCUT2D eigenvalue weighted by Gasteiger charge is 2.24. The number of aromatic nitrogens is 5. The molecule has 0 unspecified atom stereocenters. The standard InChI is InChI=1S/C69H48N6/c1-40-30-42(3)65(43(4)31-40)47-23-28-63-58(35-47)54-19-10-12-21-61(54)75(63)64-29-25-50-37-59(64)55-38-52(26-22-51(55)39-70)74-60-20-11-9-18-53(60)57-36-48(24-27-62(57)74)66-44(5)32-41(2)33-56(66)46-16-13-17-49(34-46)68-71-67(72-69(50)73-68)45-14-7-6-8-15-45/h6-38H,1-5H3. The minimum atomic E-state index is 0.531. The summed E-state index contributed by atoms with van der Waals surface area (Å²) in [6.07, 6.45) is 0. The van der Waals surface area contributed by atoms with Gasteiger partial charge in [-0.05, 0) is 164 Å². The van der Waals surface area contributed by atoms with Crippen LogP contribution in [0.3, 0.4) is 0 Å². The molecule has 0 atom stereocenters. The lowest BCUT2D eigenvalue weighted by Crippen LogP contribution is -2.03. The Morgan fingerprint density at radius 2 is 0.867 bits per heavy atom. The molecule has 0 fully saturated rings. The Bertz CT molecular complexity index is 4580. The number of nitriles is 1. The van der Waals surface area contributed by atoms with E-state index in [-0.39, 0.29) is 0 Å². The van der Waals surface area contributed by atoms with Crippen LogP contribution in [0.1, 0.15) is 33.4 Å². The largest absolute Gasteiger partial charge is 0.309 e. The molecule has 13 aromatic rings. The van der Waals surface area contributed by atoms with Gasteiger partial charge in [-0.1, -0.05) is 132 Å². The molecular weight excluding hydrogens is 913 g/mol. The molecule has 6 heteroatoms. The first-order valence-electron chi connectivity index (χ1n) is 25.6. The van der Waals surface area contributed by atoms with E-state index in [2.05, 4.69) is 214 Å². The van der Waals surface area contributed by atoms with Crippen LogP contribution < -0.4 is 0 Å². The van der Waals surface area contributed by atoms with Gasteiger partial charge < -0.3 is 9.13 Å². The maximum absolute atomic E-state index is 11.2. The van der Waals surface area contributed by atoms with E-state index in [1.54, 1.807) is 0 Å². The summed E-state index contributed by atoms with van der Waals surface area (Å²) in [6.45, 7) is 11.0. The van der Waals surface area contributed by atoms with Crippen LogP contribution in [-0.2, 0) is 0 Å². The average Bonchev–Trinajstić information content (AvgIpc) is 3.95. The van der Waals surface area contributed by atoms with Crippen LogP contribution in [0.2, 0.25) is 0 Å². The molecule has 15 rings (SSSR count). The molecule has 0 N–H and O–H groups in total. The van der Waals surface area contributed by atoms with Crippen molar-refractivity contribution >= 4 is 43.6 Å². The van der Waals surface area contributed by atoms with Crippen molar-refractivity contribution in [3.63, 3.8) is 0 Å². The zero-order valence-corrected chi connectivity index (χ0v) is 42.2. The van der Waals surface area contributed by atoms with E-state index >= 15 is 0 Å². The lowest BCUT2D eigenvalue weighted by Gasteiger charge is -2.18. The molecule has 0 amide bonds. The topological polar surface area (TPSA) is 72.3 Å². The summed E-state index contributed by atoms with van der Waals surface area (Å²) in [5, 5.41) is 15.8. The van der Waals surface area contributed by atoms with Gasteiger partial charge in [0.25, 0.3) is 0 Å². The van der Waals surface area contributed by atoms with E-state index in [4.69, 9.17) is 15.0 Å². The third-order valence-corrected chi connectivity index (χ3v) is 15.3. The Hall–Kier alpha value is -9.70. The quantitative estimate of drug-likeness (QED) is 0.177. The van der Waals surface area contributed by atoms with E-state index in [9.17, 15) is 5.26 Å². The molecule has 2 aliphatic rings. The molecule has 2 aliphatic heterocycles. The van der Waals surface area contributed by atoms with E-state index < -0.39 is 0 Å².